The maximum atomic E-state index is 5.78. The first-order valence-corrected chi connectivity index (χ1v) is 8.43. The van der Waals surface area contributed by atoms with Crippen LogP contribution in [0.1, 0.15) is 19.4 Å². The summed E-state index contributed by atoms with van der Waals surface area (Å²) < 4.78 is 5.78. The fourth-order valence-electron chi connectivity index (χ4n) is 2.59. The van der Waals surface area contributed by atoms with Crippen LogP contribution >= 0.6 is 11.8 Å². The molecule has 2 aromatic heterocycles. The normalized spacial score (nSPS) is 21.8. The third-order valence-electron chi connectivity index (χ3n) is 3.48. The quantitative estimate of drug-likeness (QED) is 0.638. The van der Waals surface area contributed by atoms with Crippen LogP contribution in [-0.2, 0) is 10.5 Å². The maximum Gasteiger partial charge on any atom is 0.133 e. The van der Waals surface area contributed by atoms with Gasteiger partial charge < -0.3 is 9.64 Å². The van der Waals surface area contributed by atoms with Gasteiger partial charge >= 0.3 is 0 Å². The molecule has 6 heteroatoms. The number of morpholine rings is 1. The van der Waals surface area contributed by atoms with E-state index < -0.39 is 0 Å². The smallest absolute Gasteiger partial charge is 0.133 e. The first-order valence-electron chi connectivity index (χ1n) is 7.45. The van der Waals surface area contributed by atoms with Crippen molar-refractivity contribution in [3.63, 3.8) is 0 Å². The summed E-state index contributed by atoms with van der Waals surface area (Å²) in [6, 6.07) is 6.09. The molecule has 0 spiro atoms. The van der Waals surface area contributed by atoms with Gasteiger partial charge in [-0.25, -0.2) is 9.97 Å². The van der Waals surface area contributed by atoms with Gasteiger partial charge in [0.15, 0.2) is 0 Å². The Labute approximate surface area is 135 Å². The van der Waals surface area contributed by atoms with E-state index in [1.54, 1.807) is 24.3 Å². The zero-order valence-electron chi connectivity index (χ0n) is 12.8. The summed E-state index contributed by atoms with van der Waals surface area (Å²) in [5.74, 6) is 1.84. The number of hydrogen-bond acceptors (Lipinski definition) is 6. The molecule has 3 heterocycles. The van der Waals surface area contributed by atoms with Gasteiger partial charge in [0.05, 0.1) is 12.2 Å². The van der Waals surface area contributed by atoms with Gasteiger partial charge in [-0.15, -0.1) is 11.8 Å². The molecule has 22 heavy (non-hydrogen) atoms. The molecule has 0 N–H and O–H groups in total. The number of anilines is 1. The summed E-state index contributed by atoms with van der Waals surface area (Å²) in [5.41, 5.74) is 1.20. The maximum absolute atomic E-state index is 5.78. The zero-order valence-corrected chi connectivity index (χ0v) is 13.7. The number of nitrogens with zero attached hydrogens (tertiary/aromatic N) is 4. The second-order valence-corrected chi connectivity index (χ2v) is 6.52. The molecule has 2 unspecified atom stereocenters. The topological polar surface area (TPSA) is 51.1 Å². The van der Waals surface area contributed by atoms with Crippen LogP contribution in [-0.4, -0.2) is 40.2 Å². The molecule has 1 aliphatic rings. The summed E-state index contributed by atoms with van der Waals surface area (Å²) in [4.78, 5) is 15.2. The molecule has 0 amide bonds. The van der Waals surface area contributed by atoms with E-state index in [-0.39, 0.29) is 12.2 Å². The Morgan fingerprint density at radius 3 is 2.82 bits per heavy atom. The third kappa shape index (κ3) is 3.96. The fourth-order valence-corrected chi connectivity index (χ4v) is 3.38. The van der Waals surface area contributed by atoms with Crippen molar-refractivity contribution in [2.24, 2.45) is 0 Å². The van der Waals surface area contributed by atoms with Crippen molar-refractivity contribution in [2.45, 2.75) is 36.8 Å². The van der Waals surface area contributed by atoms with Crippen LogP contribution in [0.3, 0.4) is 0 Å². The number of hydrogen-bond donors (Lipinski definition) is 0. The van der Waals surface area contributed by atoms with E-state index in [9.17, 15) is 0 Å². The molecule has 1 aliphatic heterocycles. The van der Waals surface area contributed by atoms with Gasteiger partial charge in [0.25, 0.3) is 0 Å². The van der Waals surface area contributed by atoms with Gasteiger partial charge in [-0.3, -0.25) is 4.98 Å². The van der Waals surface area contributed by atoms with Crippen LogP contribution in [0.5, 0.6) is 0 Å². The highest BCUT2D eigenvalue weighted by molar-refractivity contribution is 7.98. The van der Waals surface area contributed by atoms with Crippen molar-refractivity contribution < 1.29 is 4.74 Å². The molecule has 0 radical (unpaired) electrons. The minimum Gasteiger partial charge on any atom is -0.372 e. The number of rotatable bonds is 4. The molecule has 1 fully saturated rings. The summed E-state index contributed by atoms with van der Waals surface area (Å²) in [7, 11) is 0. The number of aromatic nitrogens is 3. The van der Waals surface area contributed by atoms with Crippen LogP contribution in [0.2, 0.25) is 0 Å². The molecular weight excluding hydrogens is 296 g/mol. The first kappa shape index (κ1) is 15.2. The monoisotopic (exact) mass is 316 g/mol. The standard InChI is InChI=1S/C16H20N4OS/c1-12-8-20(9-13(2)21-12)15-6-16(19-11-18-15)22-10-14-4-3-5-17-7-14/h3-7,11-13H,8-10H2,1-2H3. The number of thioether (sulfide) groups is 1. The summed E-state index contributed by atoms with van der Waals surface area (Å²) in [6.07, 6.45) is 5.78. The average molecular weight is 316 g/mol. The predicted molar refractivity (Wildman–Crippen MR) is 88.1 cm³/mol. The Bertz CT molecular complexity index is 600. The highest BCUT2D eigenvalue weighted by Gasteiger charge is 2.23. The van der Waals surface area contributed by atoms with E-state index in [2.05, 4.69) is 45.8 Å². The van der Waals surface area contributed by atoms with Gasteiger partial charge in [-0.05, 0) is 25.5 Å². The zero-order chi connectivity index (χ0) is 15.4. The summed E-state index contributed by atoms with van der Waals surface area (Å²) in [5, 5.41) is 0.987. The van der Waals surface area contributed by atoms with Gasteiger partial charge in [-0.2, -0.15) is 0 Å². The van der Waals surface area contributed by atoms with Crippen molar-refractivity contribution in [1.29, 1.82) is 0 Å². The Balaban J connectivity index is 1.67. The van der Waals surface area contributed by atoms with E-state index in [4.69, 9.17) is 4.74 Å². The summed E-state index contributed by atoms with van der Waals surface area (Å²) in [6.45, 7) is 5.94. The van der Waals surface area contributed by atoms with Crippen molar-refractivity contribution >= 4 is 17.6 Å². The second kappa shape index (κ2) is 7.07. The number of ether oxygens (including phenoxy) is 1. The van der Waals surface area contributed by atoms with Crippen molar-refractivity contribution in [1.82, 2.24) is 15.0 Å². The molecule has 1 saturated heterocycles. The largest absolute Gasteiger partial charge is 0.372 e. The van der Waals surface area contributed by atoms with Crippen molar-refractivity contribution in [2.75, 3.05) is 18.0 Å². The van der Waals surface area contributed by atoms with Crippen LogP contribution in [0.25, 0.3) is 0 Å². The van der Waals surface area contributed by atoms with Crippen LogP contribution in [0.15, 0.2) is 41.9 Å². The fraction of sp³-hybridized carbons (Fsp3) is 0.438. The second-order valence-electron chi connectivity index (χ2n) is 5.53. The van der Waals surface area contributed by atoms with E-state index in [0.29, 0.717) is 0 Å². The number of pyridine rings is 1. The lowest BCUT2D eigenvalue weighted by atomic mass is 10.2. The van der Waals surface area contributed by atoms with Crippen LogP contribution in [0.4, 0.5) is 5.82 Å². The lowest BCUT2D eigenvalue weighted by Crippen LogP contribution is -2.45. The minimum absolute atomic E-state index is 0.227. The SMILES string of the molecule is CC1CN(c2cc(SCc3cccnc3)ncn2)CC(C)O1. The molecular formula is C16H20N4OS. The Hall–Kier alpha value is -1.66. The lowest BCUT2D eigenvalue weighted by Gasteiger charge is -2.36. The molecule has 0 aliphatic carbocycles. The molecule has 3 rings (SSSR count). The highest BCUT2D eigenvalue weighted by atomic mass is 32.2. The Morgan fingerprint density at radius 1 is 1.27 bits per heavy atom. The predicted octanol–water partition coefficient (Wildman–Crippen LogP) is 2.78. The van der Waals surface area contributed by atoms with E-state index in [1.807, 2.05) is 12.3 Å². The average Bonchev–Trinajstić information content (AvgIpc) is 2.53. The van der Waals surface area contributed by atoms with E-state index >= 15 is 0 Å². The van der Waals surface area contributed by atoms with Gasteiger partial charge in [0.1, 0.15) is 17.2 Å². The molecule has 2 atom stereocenters. The molecule has 0 bridgehead atoms. The van der Waals surface area contributed by atoms with Crippen LogP contribution in [0, 0.1) is 0 Å². The van der Waals surface area contributed by atoms with E-state index in [1.165, 1.54) is 5.56 Å². The summed E-state index contributed by atoms with van der Waals surface area (Å²) >= 11 is 1.70. The molecule has 2 aromatic rings. The van der Waals surface area contributed by atoms with Gasteiger partial charge in [0.2, 0.25) is 0 Å². The molecule has 5 nitrogen and oxygen atoms in total. The van der Waals surface area contributed by atoms with Crippen molar-refractivity contribution in [3.8, 4) is 0 Å². The Morgan fingerprint density at radius 2 is 2.09 bits per heavy atom. The van der Waals surface area contributed by atoms with Crippen LogP contribution < -0.4 is 4.90 Å². The van der Waals surface area contributed by atoms with E-state index in [0.717, 1.165) is 29.7 Å². The minimum atomic E-state index is 0.227. The molecule has 0 aromatic carbocycles. The first-order chi connectivity index (χ1) is 10.7. The third-order valence-corrected chi connectivity index (χ3v) is 4.48. The lowest BCUT2D eigenvalue weighted by molar-refractivity contribution is -0.00548. The highest BCUT2D eigenvalue weighted by Crippen LogP contribution is 2.24. The molecule has 0 saturated carbocycles. The van der Waals surface area contributed by atoms with Crippen molar-refractivity contribution in [3.05, 3.63) is 42.5 Å². The van der Waals surface area contributed by atoms with Gasteiger partial charge in [0, 0.05) is 37.3 Å². The van der Waals surface area contributed by atoms with Gasteiger partial charge in [-0.1, -0.05) is 6.07 Å². The molecule has 116 valence electrons. The Kier molecular flexibility index (Phi) is 4.90.